The molecular weight excluding hydrogens is 426 g/mol. The number of hydrogen-bond acceptors (Lipinski definition) is 9. The smallest absolute Gasteiger partial charge is 0.333 e. The van der Waals surface area contributed by atoms with Crippen molar-refractivity contribution in [3.63, 3.8) is 0 Å². The molecule has 168 valence electrons. The van der Waals surface area contributed by atoms with E-state index in [-0.39, 0.29) is 24.5 Å². The molecule has 0 spiro atoms. The number of aliphatic hydroxyl groups is 1. The topological polar surface area (TPSA) is 170 Å². The zero-order chi connectivity index (χ0) is 22.0. The third-order valence-corrected chi connectivity index (χ3v) is 6.12. The van der Waals surface area contributed by atoms with E-state index in [1.165, 1.54) is 12.5 Å². The van der Waals surface area contributed by atoms with E-state index in [1.807, 2.05) is 0 Å². The Balaban J connectivity index is 1.45. The number of aromatic nitrogens is 3. The van der Waals surface area contributed by atoms with Crippen LogP contribution in [0.25, 0.3) is 0 Å². The monoisotopic (exact) mass is 451 g/mol. The van der Waals surface area contributed by atoms with Crippen molar-refractivity contribution in [2.24, 2.45) is 11.1 Å². The minimum Gasteiger partial charge on any atom is -0.393 e. The molecule has 31 heavy (non-hydrogen) atoms. The number of aliphatic hydroxyl groups excluding tert-OH is 1. The van der Waals surface area contributed by atoms with Gasteiger partial charge in [0.05, 0.1) is 30.1 Å². The quantitative estimate of drug-likeness (QED) is 0.421. The van der Waals surface area contributed by atoms with E-state index < -0.39 is 22.3 Å². The molecule has 2 aliphatic rings. The van der Waals surface area contributed by atoms with Gasteiger partial charge < -0.3 is 20.1 Å². The highest BCUT2D eigenvalue weighted by Gasteiger charge is 2.35. The number of rotatable bonds is 8. The number of carbonyl (C=O) groups is 1. The Morgan fingerprint density at radius 3 is 3.00 bits per heavy atom. The Morgan fingerprint density at radius 1 is 1.42 bits per heavy atom. The first-order valence-corrected chi connectivity index (χ1v) is 11.5. The van der Waals surface area contributed by atoms with Crippen molar-refractivity contribution in [1.29, 1.82) is 0 Å². The number of anilines is 1. The van der Waals surface area contributed by atoms with Gasteiger partial charge in [0, 0.05) is 31.0 Å². The summed E-state index contributed by atoms with van der Waals surface area (Å²) in [5, 5.41) is 18.3. The number of ether oxygens (including phenoxy) is 1. The molecule has 0 amide bonds. The summed E-state index contributed by atoms with van der Waals surface area (Å²) in [5.41, 5.74) is 1.64. The molecule has 2 aromatic rings. The van der Waals surface area contributed by atoms with Gasteiger partial charge in [-0.3, -0.25) is 8.98 Å². The summed E-state index contributed by atoms with van der Waals surface area (Å²) in [7, 11) is -4.07. The normalized spacial score (nSPS) is 26.3. The number of ketones is 1. The number of nitrogens with one attached hydrogen (secondary N) is 2. The van der Waals surface area contributed by atoms with Crippen LogP contribution < -0.4 is 10.5 Å². The molecule has 12 heteroatoms. The summed E-state index contributed by atoms with van der Waals surface area (Å²) in [4.78, 5) is 24.3. The SMILES string of the molecule is NS(=O)(=O)OC[C@H]1C[C@@H](Nc2ncncc2C(=O)c2cc(C3CCCO3)c[nH]2)C[C@@H]1O. The maximum atomic E-state index is 13.1. The van der Waals surface area contributed by atoms with Crippen molar-refractivity contribution in [1.82, 2.24) is 15.0 Å². The maximum Gasteiger partial charge on any atom is 0.333 e. The summed E-state index contributed by atoms with van der Waals surface area (Å²) in [6.07, 6.45) is 6.49. The van der Waals surface area contributed by atoms with Crippen LogP contribution in [0.3, 0.4) is 0 Å². The van der Waals surface area contributed by atoms with Crippen molar-refractivity contribution < 1.29 is 27.2 Å². The van der Waals surface area contributed by atoms with E-state index in [9.17, 15) is 18.3 Å². The van der Waals surface area contributed by atoms with E-state index in [2.05, 4.69) is 24.5 Å². The minimum atomic E-state index is -4.07. The first-order chi connectivity index (χ1) is 14.8. The van der Waals surface area contributed by atoms with Crippen LogP contribution in [0.2, 0.25) is 0 Å². The van der Waals surface area contributed by atoms with E-state index in [1.54, 1.807) is 12.3 Å². The second-order valence-corrected chi connectivity index (χ2v) is 9.10. The highest BCUT2D eigenvalue weighted by atomic mass is 32.2. The van der Waals surface area contributed by atoms with Gasteiger partial charge in [-0.25, -0.2) is 15.1 Å². The molecule has 5 N–H and O–H groups in total. The Bertz CT molecular complexity index is 1040. The molecule has 0 aromatic carbocycles. The van der Waals surface area contributed by atoms with E-state index in [0.717, 1.165) is 25.0 Å². The zero-order valence-electron chi connectivity index (χ0n) is 16.7. The lowest BCUT2D eigenvalue weighted by atomic mass is 10.1. The number of H-pyrrole nitrogens is 1. The predicted octanol–water partition coefficient (Wildman–Crippen LogP) is 0.659. The number of aromatic amines is 1. The van der Waals surface area contributed by atoms with Crippen LogP contribution in [0.1, 0.15) is 53.4 Å². The number of nitrogens with two attached hydrogens (primary N) is 1. The standard InChI is InChI=1S/C19H25N5O6S/c20-31(27,28)30-9-12-4-13(6-16(12)25)24-19-14(8-21-10-23-19)18(26)15-5-11(7-22-15)17-2-1-3-29-17/h5,7-8,10,12-13,16-17,22,25H,1-4,6,9H2,(H2,20,27,28)(H,21,23,24)/t12-,13-,16+,17?/m1/s1. The molecule has 11 nitrogen and oxygen atoms in total. The lowest BCUT2D eigenvalue weighted by molar-refractivity contribution is 0.101. The fourth-order valence-electron chi connectivity index (χ4n) is 4.10. The van der Waals surface area contributed by atoms with Gasteiger partial charge in [0.25, 0.3) is 0 Å². The molecule has 3 heterocycles. The van der Waals surface area contributed by atoms with Gasteiger partial charge in [-0.15, -0.1) is 0 Å². The molecule has 1 aliphatic heterocycles. The van der Waals surface area contributed by atoms with Crippen LogP contribution in [0, 0.1) is 5.92 Å². The Hall–Kier alpha value is -2.38. The lowest BCUT2D eigenvalue weighted by Gasteiger charge is -2.15. The molecule has 2 fully saturated rings. The molecule has 4 atom stereocenters. The molecular formula is C19H25N5O6S. The maximum absolute atomic E-state index is 13.1. The van der Waals surface area contributed by atoms with Gasteiger partial charge in [0.1, 0.15) is 12.1 Å². The molecule has 0 bridgehead atoms. The van der Waals surface area contributed by atoms with Crippen molar-refractivity contribution in [3.05, 3.63) is 41.6 Å². The molecule has 1 unspecified atom stereocenters. The first-order valence-electron chi connectivity index (χ1n) is 10.1. The Kier molecular flexibility index (Phi) is 6.34. The highest BCUT2D eigenvalue weighted by molar-refractivity contribution is 7.84. The highest BCUT2D eigenvalue weighted by Crippen LogP contribution is 2.31. The summed E-state index contributed by atoms with van der Waals surface area (Å²) in [5.74, 6) is -0.326. The van der Waals surface area contributed by atoms with Crippen LogP contribution in [0.15, 0.2) is 24.8 Å². The van der Waals surface area contributed by atoms with E-state index in [0.29, 0.717) is 29.9 Å². The van der Waals surface area contributed by atoms with Gasteiger partial charge in [-0.05, 0) is 37.3 Å². The predicted molar refractivity (Wildman–Crippen MR) is 109 cm³/mol. The fourth-order valence-corrected chi connectivity index (χ4v) is 4.46. The molecule has 0 radical (unpaired) electrons. The van der Waals surface area contributed by atoms with Gasteiger partial charge in [0.2, 0.25) is 5.78 Å². The Morgan fingerprint density at radius 2 is 2.26 bits per heavy atom. The summed E-state index contributed by atoms with van der Waals surface area (Å²) < 4.78 is 32.3. The summed E-state index contributed by atoms with van der Waals surface area (Å²) in [6.45, 7) is 0.512. The molecule has 4 rings (SSSR count). The lowest BCUT2D eigenvalue weighted by Crippen LogP contribution is -2.24. The third kappa shape index (κ3) is 5.28. The van der Waals surface area contributed by atoms with Gasteiger partial charge in [-0.1, -0.05) is 0 Å². The molecule has 1 aliphatic carbocycles. The van der Waals surface area contributed by atoms with Crippen LogP contribution in [-0.4, -0.2) is 59.6 Å². The minimum absolute atomic E-state index is 0.00103. The van der Waals surface area contributed by atoms with Crippen molar-refractivity contribution in [2.75, 3.05) is 18.5 Å². The van der Waals surface area contributed by atoms with E-state index >= 15 is 0 Å². The number of nitrogens with zero attached hydrogens (tertiary/aromatic N) is 2. The average molecular weight is 452 g/mol. The molecule has 1 saturated carbocycles. The van der Waals surface area contributed by atoms with Crippen molar-refractivity contribution in [3.8, 4) is 0 Å². The molecule has 1 saturated heterocycles. The summed E-state index contributed by atoms with van der Waals surface area (Å²) >= 11 is 0. The molecule has 2 aromatic heterocycles. The fraction of sp³-hybridized carbons (Fsp3) is 0.526. The van der Waals surface area contributed by atoms with Crippen LogP contribution in [0.4, 0.5) is 5.82 Å². The Labute approximate surface area is 179 Å². The van der Waals surface area contributed by atoms with Gasteiger partial charge in [0.15, 0.2) is 0 Å². The van der Waals surface area contributed by atoms with E-state index in [4.69, 9.17) is 9.88 Å². The third-order valence-electron chi connectivity index (χ3n) is 5.65. The van der Waals surface area contributed by atoms with Gasteiger partial charge in [-0.2, -0.15) is 8.42 Å². The second kappa shape index (κ2) is 9.01. The second-order valence-electron chi connectivity index (χ2n) is 7.88. The van der Waals surface area contributed by atoms with Crippen molar-refractivity contribution in [2.45, 2.75) is 43.9 Å². The largest absolute Gasteiger partial charge is 0.393 e. The van der Waals surface area contributed by atoms with Crippen LogP contribution in [-0.2, 0) is 19.2 Å². The number of carbonyl (C=O) groups excluding carboxylic acids is 1. The van der Waals surface area contributed by atoms with Crippen LogP contribution >= 0.6 is 0 Å². The first kappa shape index (κ1) is 21.8. The zero-order valence-corrected chi connectivity index (χ0v) is 17.5. The van der Waals surface area contributed by atoms with Crippen molar-refractivity contribution >= 4 is 21.9 Å². The summed E-state index contributed by atoms with van der Waals surface area (Å²) in [6, 6.07) is 1.56. The average Bonchev–Trinajstić information content (AvgIpc) is 3.47. The van der Waals surface area contributed by atoms with Crippen LogP contribution in [0.5, 0.6) is 0 Å². The number of hydrogen-bond donors (Lipinski definition) is 4. The van der Waals surface area contributed by atoms with Gasteiger partial charge >= 0.3 is 10.3 Å².